The van der Waals surface area contributed by atoms with E-state index in [-0.39, 0.29) is 0 Å². The SMILES string of the molecule is CCOc1ccccc1OCCC(C(=O)O)c1ccc(C)cc1. The van der Waals surface area contributed by atoms with Gasteiger partial charge in [0.15, 0.2) is 11.5 Å². The standard InChI is InChI=1S/C19H22O4/c1-3-22-17-6-4-5-7-18(17)23-13-12-16(19(20)21)15-10-8-14(2)9-11-15/h4-11,16H,3,12-13H2,1-2H3,(H,20,21). The highest BCUT2D eigenvalue weighted by Crippen LogP contribution is 2.27. The first-order valence-electron chi connectivity index (χ1n) is 7.75. The van der Waals surface area contributed by atoms with E-state index in [4.69, 9.17) is 9.47 Å². The highest BCUT2D eigenvalue weighted by Gasteiger charge is 2.20. The average Bonchev–Trinajstić information content (AvgIpc) is 2.54. The van der Waals surface area contributed by atoms with E-state index in [1.165, 1.54) is 0 Å². The summed E-state index contributed by atoms with van der Waals surface area (Å²) in [5, 5.41) is 9.45. The van der Waals surface area contributed by atoms with Gasteiger partial charge in [0.05, 0.1) is 19.1 Å². The van der Waals surface area contributed by atoms with Gasteiger partial charge in [0.1, 0.15) is 0 Å². The number of aryl methyl sites for hydroxylation is 1. The van der Waals surface area contributed by atoms with E-state index in [1.807, 2.05) is 62.4 Å². The highest BCUT2D eigenvalue weighted by molar-refractivity contribution is 5.76. The van der Waals surface area contributed by atoms with Crippen LogP contribution in [0.15, 0.2) is 48.5 Å². The Balaban J connectivity index is 2.00. The van der Waals surface area contributed by atoms with E-state index < -0.39 is 11.9 Å². The molecule has 0 radical (unpaired) electrons. The predicted molar refractivity (Wildman–Crippen MR) is 89.3 cm³/mol. The fourth-order valence-corrected chi connectivity index (χ4v) is 2.36. The van der Waals surface area contributed by atoms with Gasteiger partial charge in [-0.15, -0.1) is 0 Å². The van der Waals surface area contributed by atoms with Crippen molar-refractivity contribution in [1.82, 2.24) is 0 Å². The molecule has 0 saturated heterocycles. The number of carbonyl (C=O) groups is 1. The monoisotopic (exact) mass is 314 g/mol. The fourth-order valence-electron chi connectivity index (χ4n) is 2.36. The summed E-state index contributed by atoms with van der Waals surface area (Å²) in [6, 6.07) is 15.0. The lowest BCUT2D eigenvalue weighted by atomic mass is 9.95. The van der Waals surface area contributed by atoms with Crippen molar-refractivity contribution in [3.8, 4) is 11.5 Å². The molecule has 0 spiro atoms. The van der Waals surface area contributed by atoms with Crippen molar-refractivity contribution in [2.45, 2.75) is 26.2 Å². The third-order valence-corrected chi connectivity index (χ3v) is 3.59. The molecule has 0 aliphatic heterocycles. The van der Waals surface area contributed by atoms with Crippen molar-refractivity contribution >= 4 is 5.97 Å². The van der Waals surface area contributed by atoms with Crippen LogP contribution in [0.4, 0.5) is 0 Å². The largest absolute Gasteiger partial charge is 0.490 e. The van der Waals surface area contributed by atoms with Gasteiger partial charge in [0, 0.05) is 0 Å². The zero-order valence-corrected chi connectivity index (χ0v) is 13.5. The normalized spacial score (nSPS) is 11.7. The summed E-state index contributed by atoms with van der Waals surface area (Å²) in [5.41, 5.74) is 1.91. The molecule has 2 aromatic rings. The van der Waals surface area contributed by atoms with Gasteiger partial charge in [-0.1, -0.05) is 42.0 Å². The van der Waals surface area contributed by atoms with E-state index in [1.54, 1.807) is 0 Å². The maximum atomic E-state index is 11.5. The molecule has 0 bridgehead atoms. The molecule has 122 valence electrons. The first kappa shape index (κ1) is 16.9. The zero-order valence-electron chi connectivity index (χ0n) is 13.5. The third kappa shape index (κ3) is 4.74. The average molecular weight is 314 g/mol. The van der Waals surface area contributed by atoms with E-state index in [2.05, 4.69) is 0 Å². The lowest BCUT2D eigenvalue weighted by Crippen LogP contribution is -2.15. The molecule has 1 atom stereocenters. The molecule has 1 unspecified atom stereocenters. The molecule has 0 aliphatic carbocycles. The lowest BCUT2D eigenvalue weighted by molar-refractivity contribution is -0.139. The predicted octanol–water partition coefficient (Wildman–Crippen LogP) is 4.03. The van der Waals surface area contributed by atoms with Crippen molar-refractivity contribution in [1.29, 1.82) is 0 Å². The number of rotatable bonds is 8. The molecule has 1 N–H and O–H groups in total. The van der Waals surface area contributed by atoms with E-state index in [0.717, 1.165) is 11.1 Å². The second-order valence-electron chi connectivity index (χ2n) is 5.32. The van der Waals surface area contributed by atoms with Crippen LogP contribution in [-0.2, 0) is 4.79 Å². The summed E-state index contributed by atoms with van der Waals surface area (Å²) in [7, 11) is 0. The molecule has 4 heteroatoms. The Labute approximate surface area is 136 Å². The van der Waals surface area contributed by atoms with Crippen LogP contribution in [-0.4, -0.2) is 24.3 Å². The maximum absolute atomic E-state index is 11.5. The minimum absolute atomic E-state index is 0.314. The first-order chi connectivity index (χ1) is 11.1. The number of benzene rings is 2. The molecule has 2 rings (SSSR count). The number of para-hydroxylation sites is 2. The van der Waals surface area contributed by atoms with Crippen molar-refractivity contribution in [2.75, 3.05) is 13.2 Å². The fraction of sp³-hybridized carbons (Fsp3) is 0.316. The van der Waals surface area contributed by atoms with Crippen molar-refractivity contribution in [3.05, 3.63) is 59.7 Å². The molecular formula is C19H22O4. The van der Waals surface area contributed by atoms with Gasteiger partial charge in [-0.25, -0.2) is 0 Å². The van der Waals surface area contributed by atoms with E-state index in [0.29, 0.717) is 31.1 Å². The molecule has 0 aliphatic rings. The van der Waals surface area contributed by atoms with Crippen LogP contribution >= 0.6 is 0 Å². The Kier molecular flexibility index (Phi) is 6.03. The van der Waals surface area contributed by atoms with Crippen LogP contribution in [0.3, 0.4) is 0 Å². The number of hydrogen-bond acceptors (Lipinski definition) is 3. The molecule has 23 heavy (non-hydrogen) atoms. The smallest absolute Gasteiger partial charge is 0.311 e. The molecule has 0 saturated carbocycles. The summed E-state index contributed by atoms with van der Waals surface area (Å²) in [6.07, 6.45) is 0.402. The Hall–Kier alpha value is -2.49. The second kappa shape index (κ2) is 8.22. The van der Waals surface area contributed by atoms with Crippen LogP contribution in [0, 0.1) is 6.92 Å². The van der Waals surface area contributed by atoms with Crippen molar-refractivity contribution < 1.29 is 19.4 Å². The Morgan fingerprint density at radius 3 is 2.22 bits per heavy atom. The molecule has 2 aromatic carbocycles. The van der Waals surface area contributed by atoms with Crippen molar-refractivity contribution in [3.63, 3.8) is 0 Å². The molecular weight excluding hydrogens is 292 g/mol. The second-order valence-corrected chi connectivity index (χ2v) is 5.32. The zero-order chi connectivity index (χ0) is 16.7. The molecule has 0 amide bonds. The van der Waals surface area contributed by atoms with Gasteiger partial charge in [-0.3, -0.25) is 4.79 Å². The number of hydrogen-bond donors (Lipinski definition) is 1. The molecule has 0 heterocycles. The van der Waals surface area contributed by atoms with Gasteiger partial charge < -0.3 is 14.6 Å². The number of carboxylic acids is 1. The minimum atomic E-state index is -0.837. The van der Waals surface area contributed by atoms with E-state index >= 15 is 0 Å². The maximum Gasteiger partial charge on any atom is 0.311 e. The summed E-state index contributed by atoms with van der Waals surface area (Å²) in [6.45, 7) is 4.76. The van der Waals surface area contributed by atoms with Gasteiger partial charge in [-0.05, 0) is 38.0 Å². The highest BCUT2D eigenvalue weighted by atomic mass is 16.5. The Bertz CT molecular complexity index is 634. The molecule has 4 nitrogen and oxygen atoms in total. The topological polar surface area (TPSA) is 55.8 Å². The van der Waals surface area contributed by atoms with Gasteiger partial charge in [0.25, 0.3) is 0 Å². The van der Waals surface area contributed by atoms with Gasteiger partial charge >= 0.3 is 5.97 Å². The Morgan fingerprint density at radius 2 is 1.65 bits per heavy atom. The summed E-state index contributed by atoms with van der Waals surface area (Å²) in [4.78, 5) is 11.5. The summed E-state index contributed by atoms with van der Waals surface area (Å²) in [5.74, 6) is -0.0926. The minimum Gasteiger partial charge on any atom is -0.490 e. The van der Waals surface area contributed by atoms with Gasteiger partial charge in [-0.2, -0.15) is 0 Å². The Morgan fingerprint density at radius 1 is 1.04 bits per heavy atom. The van der Waals surface area contributed by atoms with Crippen LogP contribution < -0.4 is 9.47 Å². The quantitative estimate of drug-likeness (QED) is 0.799. The van der Waals surface area contributed by atoms with Crippen LogP contribution in [0.1, 0.15) is 30.4 Å². The van der Waals surface area contributed by atoms with E-state index in [9.17, 15) is 9.90 Å². The van der Waals surface area contributed by atoms with Crippen molar-refractivity contribution in [2.24, 2.45) is 0 Å². The van der Waals surface area contributed by atoms with Crippen LogP contribution in [0.25, 0.3) is 0 Å². The van der Waals surface area contributed by atoms with Crippen LogP contribution in [0.5, 0.6) is 11.5 Å². The number of ether oxygens (including phenoxy) is 2. The summed E-state index contributed by atoms with van der Waals surface area (Å²) < 4.78 is 11.2. The van der Waals surface area contributed by atoms with Crippen LogP contribution in [0.2, 0.25) is 0 Å². The summed E-state index contributed by atoms with van der Waals surface area (Å²) >= 11 is 0. The molecule has 0 aromatic heterocycles. The first-order valence-corrected chi connectivity index (χ1v) is 7.75. The number of carboxylic acid groups (broad SMARTS) is 1. The number of aliphatic carboxylic acids is 1. The lowest BCUT2D eigenvalue weighted by Gasteiger charge is -2.15. The molecule has 0 fully saturated rings. The third-order valence-electron chi connectivity index (χ3n) is 3.59. The van der Waals surface area contributed by atoms with Gasteiger partial charge in [0.2, 0.25) is 0 Å².